The molecule has 8 heteroatoms. The molecule has 32 heavy (non-hydrogen) atoms. The molecular formula is C24H24ClN5O2. The van der Waals surface area contributed by atoms with Gasteiger partial charge < -0.3 is 19.9 Å². The van der Waals surface area contributed by atoms with E-state index in [1.54, 1.807) is 24.3 Å². The molecule has 0 saturated carbocycles. The summed E-state index contributed by atoms with van der Waals surface area (Å²) in [5.74, 6) is 1.63. The monoisotopic (exact) mass is 449 g/mol. The van der Waals surface area contributed by atoms with E-state index < -0.39 is 0 Å². The van der Waals surface area contributed by atoms with Gasteiger partial charge in [-0.2, -0.15) is 0 Å². The summed E-state index contributed by atoms with van der Waals surface area (Å²) >= 11 is 5.95. The van der Waals surface area contributed by atoms with Crippen molar-refractivity contribution in [3.05, 3.63) is 70.9 Å². The van der Waals surface area contributed by atoms with Gasteiger partial charge in [-0.1, -0.05) is 41.9 Å². The van der Waals surface area contributed by atoms with Crippen LogP contribution in [0.3, 0.4) is 0 Å². The SMILES string of the molecule is O=C(Nc1ccc(Cl)cc1)N1CCc2nc(-c3ccccc3)nc(N3CCOCC3)c2C1. The van der Waals surface area contributed by atoms with Crippen molar-refractivity contribution in [3.63, 3.8) is 0 Å². The van der Waals surface area contributed by atoms with E-state index >= 15 is 0 Å². The molecule has 0 atom stereocenters. The standard InChI is InChI=1S/C24H24ClN5O2/c25-18-6-8-19(9-7-18)26-24(31)30-11-10-21-20(16-30)23(29-12-14-32-15-13-29)28-22(27-21)17-4-2-1-3-5-17/h1-9H,10-16H2,(H,26,31). The van der Waals surface area contributed by atoms with Gasteiger partial charge >= 0.3 is 6.03 Å². The number of morpholine rings is 1. The van der Waals surface area contributed by atoms with Gasteiger partial charge in [-0.25, -0.2) is 14.8 Å². The van der Waals surface area contributed by atoms with E-state index in [0.29, 0.717) is 43.4 Å². The number of halogens is 1. The van der Waals surface area contributed by atoms with Gasteiger partial charge in [-0.15, -0.1) is 0 Å². The van der Waals surface area contributed by atoms with E-state index in [0.717, 1.165) is 41.6 Å². The maximum Gasteiger partial charge on any atom is 0.322 e. The molecule has 0 aliphatic carbocycles. The first-order chi connectivity index (χ1) is 15.7. The van der Waals surface area contributed by atoms with Gasteiger partial charge in [0.1, 0.15) is 5.82 Å². The minimum Gasteiger partial charge on any atom is -0.378 e. The highest BCUT2D eigenvalue weighted by molar-refractivity contribution is 6.30. The summed E-state index contributed by atoms with van der Waals surface area (Å²) in [6.07, 6.45) is 0.684. The van der Waals surface area contributed by atoms with Crippen LogP contribution in [0.5, 0.6) is 0 Å². The van der Waals surface area contributed by atoms with Gasteiger partial charge in [0.15, 0.2) is 5.82 Å². The van der Waals surface area contributed by atoms with Gasteiger partial charge in [0.25, 0.3) is 0 Å². The molecule has 5 rings (SSSR count). The molecule has 2 aliphatic rings. The Labute approximate surface area is 192 Å². The highest BCUT2D eigenvalue weighted by atomic mass is 35.5. The number of anilines is 2. The number of hydrogen-bond donors (Lipinski definition) is 1. The molecule has 1 aromatic heterocycles. The van der Waals surface area contributed by atoms with Crippen LogP contribution in [0.2, 0.25) is 5.02 Å². The van der Waals surface area contributed by atoms with Crippen LogP contribution in [0.25, 0.3) is 11.4 Å². The van der Waals surface area contributed by atoms with E-state index in [1.807, 2.05) is 35.2 Å². The van der Waals surface area contributed by atoms with E-state index in [2.05, 4.69) is 10.2 Å². The minimum atomic E-state index is -0.141. The molecule has 2 amide bonds. The van der Waals surface area contributed by atoms with Gasteiger partial charge in [0.05, 0.1) is 25.5 Å². The van der Waals surface area contributed by atoms with Crippen molar-refractivity contribution in [3.8, 4) is 11.4 Å². The number of amides is 2. The van der Waals surface area contributed by atoms with Gasteiger partial charge in [-0.3, -0.25) is 0 Å². The Kier molecular flexibility index (Phi) is 5.92. The molecule has 0 unspecified atom stereocenters. The molecule has 3 aromatic rings. The second-order valence-electron chi connectivity index (χ2n) is 7.87. The number of ether oxygens (including phenoxy) is 1. The van der Waals surface area contributed by atoms with Crippen LogP contribution in [0.15, 0.2) is 54.6 Å². The summed E-state index contributed by atoms with van der Waals surface area (Å²) in [6.45, 7) is 3.94. The highest BCUT2D eigenvalue weighted by Crippen LogP contribution is 2.30. The molecule has 164 valence electrons. The quantitative estimate of drug-likeness (QED) is 0.648. The maximum absolute atomic E-state index is 12.9. The van der Waals surface area contributed by atoms with Crippen LogP contribution in [-0.4, -0.2) is 53.7 Å². The zero-order valence-electron chi connectivity index (χ0n) is 17.6. The molecule has 2 aromatic carbocycles. The molecule has 1 saturated heterocycles. The zero-order valence-corrected chi connectivity index (χ0v) is 18.4. The fourth-order valence-corrected chi connectivity index (χ4v) is 4.18. The number of carbonyl (C=O) groups excluding carboxylic acids is 1. The molecule has 7 nitrogen and oxygen atoms in total. The Balaban J connectivity index is 1.44. The van der Waals surface area contributed by atoms with Crippen LogP contribution in [0, 0.1) is 0 Å². The van der Waals surface area contributed by atoms with Crippen LogP contribution in [0.1, 0.15) is 11.3 Å². The molecule has 1 N–H and O–H groups in total. The first kappa shape index (κ1) is 20.7. The first-order valence-electron chi connectivity index (χ1n) is 10.8. The largest absolute Gasteiger partial charge is 0.378 e. The minimum absolute atomic E-state index is 0.141. The normalized spacial score (nSPS) is 15.9. The lowest BCUT2D eigenvalue weighted by atomic mass is 10.0. The van der Waals surface area contributed by atoms with Crippen molar-refractivity contribution < 1.29 is 9.53 Å². The molecule has 2 aliphatic heterocycles. The summed E-state index contributed by atoms with van der Waals surface area (Å²) in [5, 5.41) is 3.60. The average molecular weight is 450 g/mol. The average Bonchev–Trinajstić information content (AvgIpc) is 2.85. The summed E-state index contributed by atoms with van der Waals surface area (Å²) in [5.41, 5.74) is 3.74. The van der Waals surface area contributed by atoms with Crippen molar-refractivity contribution >= 4 is 29.1 Å². The number of aromatic nitrogens is 2. The fraction of sp³-hybridized carbons (Fsp3) is 0.292. The number of nitrogens with zero attached hydrogens (tertiary/aromatic N) is 4. The Morgan fingerprint density at radius 2 is 1.72 bits per heavy atom. The van der Waals surface area contributed by atoms with Crippen molar-refractivity contribution in [1.82, 2.24) is 14.9 Å². The Morgan fingerprint density at radius 1 is 0.969 bits per heavy atom. The fourth-order valence-electron chi connectivity index (χ4n) is 4.06. The first-order valence-corrected chi connectivity index (χ1v) is 11.1. The number of fused-ring (bicyclic) bond motifs is 1. The molecule has 1 fully saturated rings. The van der Waals surface area contributed by atoms with E-state index in [4.69, 9.17) is 26.3 Å². The third-order valence-electron chi connectivity index (χ3n) is 5.76. The predicted octanol–water partition coefficient (Wildman–Crippen LogP) is 4.22. The van der Waals surface area contributed by atoms with Crippen LogP contribution < -0.4 is 10.2 Å². The smallest absolute Gasteiger partial charge is 0.322 e. The predicted molar refractivity (Wildman–Crippen MR) is 125 cm³/mol. The number of rotatable bonds is 3. The molecule has 0 spiro atoms. The number of hydrogen-bond acceptors (Lipinski definition) is 5. The molecule has 0 radical (unpaired) electrons. The Morgan fingerprint density at radius 3 is 2.47 bits per heavy atom. The summed E-state index contributed by atoms with van der Waals surface area (Å²) in [6, 6.07) is 17.0. The van der Waals surface area contributed by atoms with Crippen molar-refractivity contribution in [2.45, 2.75) is 13.0 Å². The maximum atomic E-state index is 12.9. The van der Waals surface area contributed by atoms with E-state index in [9.17, 15) is 4.79 Å². The second-order valence-corrected chi connectivity index (χ2v) is 8.31. The summed E-state index contributed by atoms with van der Waals surface area (Å²) < 4.78 is 5.55. The van der Waals surface area contributed by atoms with Crippen LogP contribution >= 0.6 is 11.6 Å². The van der Waals surface area contributed by atoms with Crippen molar-refractivity contribution in [2.75, 3.05) is 43.1 Å². The lowest BCUT2D eigenvalue weighted by molar-refractivity contribution is 0.122. The molecule has 3 heterocycles. The topological polar surface area (TPSA) is 70.6 Å². The van der Waals surface area contributed by atoms with Gasteiger partial charge in [0, 0.05) is 47.9 Å². The third kappa shape index (κ3) is 4.40. The summed E-state index contributed by atoms with van der Waals surface area (Å²) in [7, 11) is 0. The zero-order chi connectivity index (χ0) is 21.9. The number of nitrogens with one attached hydrogen (secondary N) is 1. The summed E-state index contributed by atoms with van der Waals surface area (Å²) in [4.78, 5) is 26.8. The van der Waals surface area contributed by atoms with Gasteiger partial charge in [-0.05, 0) is 24.3 Å². The third-order valence-corrected chi connectivity index (χ3v) is 6.02. The molecular weight excluding hydrogens is 426 g/mol. The lowest BCUT2D eigenvalue weighted by Crippen LogP contribution is -2.42. The number of carbonyl (C=O) groups is 1. The van der Waals surface area contributed by atoms with Crippen LogP contribution in [0.4, 0.5) is 16.3 Å². The number of urea groups is 1. The molecule has 0 bridgehead atoms. The van der Waals surface area contributed by atoms with Crippen LogP contribution in [-0.2, 0) is 17.7 Å². The second kappa shape index (κ2) is 9.14. The highest BCUT2D eigenvalue weighted by Gasteiger charge is 2.28. The van der Waals surface area contributed by atoms with Crippen molar-refractivity contribution in [2.24, 2.45) is 0 Å². The number of benzene rings is 2. The Hall–Kier alpha value is -3.16. The van der Waals surface area contributed by atoms with Crippen molar-refractivity contribution in [1.29, 1.82) is 0 Å². The van der Waals surface area contributed by atoms with E-state index in [1.165, 1.54) is 0 Å². The Bertz CT molecular complexity index is 1100. The van der Waals surface area contributed by atoms with E-state index in [-0.39, 0.29) is 6.03 Å². The lowest BCUT2D eigenvalue weighted by Gasteiger charge is -2.34. The van der Waals surface area contributed by atoms with Gasteiger partial charge in [0.2, 0.25) is 0 Å².